The molecule has 0 saturated carbocycles. The van der Waals surface area contributed by atoms with E-state index in [-0.39, 0.29) is 5.91 Å². The SMILES string of the molecule is CC(C)=C=C(C)C(=O)NCc1ccccc1. The average Bonchev–Trinajstić information content (AvgIpc) is 2.26. The van der Waals surface area contributed by atoms with Crippen LogP contribution < -0.4 is 5.32 Å². The molecule has 1 aromatic carbocycles. The molecule has 0 unspecified atom stereocenters. The van der Waals surface area contributed by atoms with Crippen LogP contribution in [0.4, 0.5) is 0 Å². The third-order valence-corrected chi connectivity index (χ3v) is 2.07. The van der Waals surface area contributed by atoms with Gasteiger partial charge in [-0.15, -0.1) is 5.73 Å². The van der Waals surface area contributed by atoms with Crippen LogP contribution in [0.25, 0.3) is 0 Å². The largest absolute Gasteiger partial charge is 0.348 e. The fourth-order valence-corrected chi connectivity index (χ4v) is 1.34. The second kappa shape index (κ2) is 5.94. The molecule has 0 radical (unpaired) electrons. The summed E-state index contributed by atoms with van der Waals surface area (Å²) in [6, 6.07) is 9.85. The molecular formula is C14H17NO. The summed E-state index contributed by atoms with van der Waals surface area (Å²) >= 11 is 0. The van der Waals surface area contributed by atoms with Crippen molar-refractivity contribution in [3.05, 3.63) is 52.8 Å². The maximum Gasteiger partial charge on any atom is 0.254 e. The number of benzene rings is 1. The van der Waals surface area contributed by atoms with Gasteiger partial charge >= 0.3 is 0 Å². The number of rotatable bonds is 3. The van der Waals surface area contributed by atoms with E-state index in [2.05, 4.69) is 11.0 Å². The van der Waals surface area contributed by atoms with E-state index >= 15 is 0 Å². The number of hydrogen-bond acceptors (Lipinski definition) is 1. The summed E-state index contributed by atoms with van der Waals surface area (Å²) in [5.74, 6) is -0.0648. The molecule has 0 heterocycles. The van der Waals surface area contributed by atoms with Crippen LogP contribution in [0.5, 0.6) is 0 Å². The number of amides is 1. The van der Waals surface area contributed by atoms with Gasteiger partial charge in [0.1, 0.15) is 0 Å². The standard InChI is InChI=1S/C14H17NO/c1-11(2)9-12(3)14(16)15-10-13-7-5-4-6-8-13/h4-8H,10H2,1-3H3,(H,15,16). The van der Waals surface area contributed by atoms with E-state index in [9.17, 15) is 4.79 Å². The van der Waals surface area contributed by atoms with Crippen molar-refractivity contribution in [3.63, 3.8) is 0 Å². The first-order valence-electron chi connectivity index (χ1n) is 5.32. The van der Waals surface area contributed by atoms with E-state index in [1.165, 1.54) is 0 Å². The zero-order valence-corrected chi connectivity index (χ0v) is 10.0. The van der Waals surface area contributed by atoms with Crippen molar-refractivity contribution in [2.24, 2.45) is 0 Å². The molecule has 1 amide bonds. The molecule has 0 spiro atoms. The van der Waals surface area contributed by atoms with Crippen molar-refractivity contribution in [2.75, 3.05) is 0 Å². The predicted octanol–water partition coefficient (Wildman–Crippen LogP) is 2.81. The summed E-state index contributed by atoms with van der Waals surface area (Å²) in [5.41, 5.74) is 5.73. The molecule has 0 fully saturated rings. The topological polar surface area (TPSA) is 29.1 Å². The summed E-state index contributed by atoms with van der Waals surface area (Å²) in [4.78, 5) is 11.6. The molecule has 2 nitrogen and oxygen atoms in total. The molecule has 84 valence electrons. The van der Waals surface area contributed by atoms with Crippen molar-refractivity contribution >= 4 is 5.91 Å². The lowest BCUT2D eigenvalue weighted by atomic mass is 10.2. The Morgan fingerprint density at radius 1 is 1.19 bits per heavy atom. The maximum absolute atomic E-state index is 11.6. The molecule has 0 atom stereocenters. The molecule has 16 heavy (non-hydrogen) atoms. The van der Waals surface area contributed by atoms with Gasteiger partial charge in [0, 0.05) is 6.54 Å². The Kier molecular flexibility index (Phi) is 4.56. The van der Waals surface area contributed by atoms with Gasteiger partial charge in [-0.3, -0.25) is 4.79 Å². The van der Waals surface area contributed by atoms with Gasteiger partial charge in [0.05, 0.1) is 5.57 Å². The summed E-state index contributed by atoms with van der Waals surface area (Å²) in [7, 11) is 0. The number of carbonyl (C=O) groups excluding carboxylic acids is 1. The van der Waals surface area contributed by atoms with Crippen LogP contribution >= 0.6 is 0 Å². The molecule has 0 aliphatic heterocycles. The minimum Gasteiger partial charge on any atom is -0.348 e. The fraction of sp³-hybridized carbons (Fsp3) is 0.286. The Labute approximate surface area is 96.7 Å². The summed E-state index contributed by atoms with van der Waals surface area (Å²) in [6.45, 7) is 6.18. The van der Waals surface area contributed by atoms with E-state index in [4.69, 9.17) is 0 Å². The summed E-state index contributed by atoms with van der Waals surface area (Å²) < 4.78 is 0. The highest BCUT2D eigenvalue weighted by molar-refractivity contribution is 5.92. The van der Waals surface area contributed by atoms with Gasteiger partial charge in [0.25, 0.3) is 5.91 Å². The van der Waals surface area contributed by atoms with E-state index in [1.54, 1.807) is 6.92 Å². The van der Waals surface area contributed by atoms with Crippen LogP contribution in [-0.4, -0.2) is 5.91 Å². The van der Waals surface area contributed by atoms with Crippen LogP contribution in [0, 0.1) is 0 Å². The van der Waals surface area contributed by atoms with Gasteiger partial charge in [-0.25, -0.2) is 0 Å². The van der Waals surface area contributed by atoms with E-state index in [0.29, 0.717) is 12.1 Å². The van der Waals surface area contributed by atoms with Gasteiger partial charge in [0.2, 0.25) is 0 Å². The van der Waals surface area contributed by atoms with Crippen molar-refractivity contribution in [2.45, 2.75) is 27.3 Å². The Morgan fingerprint density at radius 3 is 2.38 bits per heavy atom. The van der Waals surface area contributed by atoms with Crippen molar-refractivity contribution in [1.29, 1.82) is 0 Å². The first-order chi connectivity index (χ1) is 7.59. The first-order valence-corrected chi connectivity index (χ1v) is 5.32. The predicted molar refractivity (Wildman–Crippen MR) is 65.8 cm³/mol. The van der Waals surface area contributed by atoms with Gasteiger partial charge < -0.3 is 5.32 Å². The molecule has 1 rings (SSSR count). The van der Waals surface area contributed by atoms with Crippen LogP contribution in [0.1, 0.15) is 26.3 Å². The van der Waals surface area contributed by atoms with E-state index in [1.807, 2.05) is 44.2 Å². The molecule has 1 aromatic rings. The third-order valence-electron chi connectivity index (χ3n) is 2.07. The molecule has 0 aliphatic rings. The molecule has 1 N–H and O–H groups in total. The Morgan fingerprint density at radius 2 is 1.81 bits per heavy atom. The molecule has 0 saturated heterocycles. The van der Waals surface area contributed by atoms with Gasteiger partial charge in [-0.1, -0.05) is 30.3 Å². The zero-order valence-electron chi connectivity index (χ0n) is 10.0. The Hall–Kier alpha value is -1.79. The minimum absolute atomic E-state index is 0.0648. The minimum atomic E-state index is -0.0648. The molecule has 0 aromatic heterocycles. The second-order valence-corrected chi connectivity index (χ2v) is 3.92. The molecule has 0 aliphatic carbocycles. The monoisotopic (exact) mass is 215 g/mol. The van der Waals surface area contributed by atoms with Crippen molar-refractivity contribution < 1.29 is 4.79 Å². The first kappa shape index (κ1) is 12.3. The lowest BCUT2D eigenvalue weighted by molar-refractivity contribution is -0.117. The second-order valence-electron chi connectivity index (χ2n) is 3.92. The highest BCUT2D eigenvalue weighted by atomic mass is 16.1. The van der Waals surface area contributed by atoms with E-state index in [0.717, 1.165) is 11.1 Å². The number of carbonyl (C=O) groups is 1. The maximum atomic E-state index is 11.6. The third kappa shape index (κ3) is 4.16. The van der Waals surface area contributed by atoms with Crippen molar-refractivity contribution in [1.82, 2.24) is 5.32 Å². The van der Waals surface area contributed by atoms with Gasteiger partial charge in [-0.05, 0) is 31.9 Å². The highest BCUT2D eigenvalue weighted by Gasteiger charge is 2.02. The quantitative estimate of drug-likeness (QED) is 0.609. The number of hydrogen-bond donors (Lipinski definition) is 1. The summed E-state index contributed by atoms with van der Waals surface area (Å²) in [5, 5.41) is 2.85. The normalized spacial score (nSPS) is 9.19. The Bertz CT molecular complexity index is 421. The van der Waals surface area contributed by atoms with Crippen LogP contribution in [-0.2, 0) is 11.3 Å². The Balaban J connectivity index is 2.58. The smallest absolute Gasteiger partial charge is 0.254 e. The zero-order chi connectivity index (χ0) is 12.0. The van der Waals surface area contributed by atoms with E-state index < -0.39 is 0 Å². The van der Waals surface area contributed by atoms with Gasteiger partial charge in [-0.2, -0.15) is 0 Å². The fourth-order valence-electron chi connectivity index (χ4n) is 1.34. The van der Waals surface area contributed by atoms with Crippen molar-refractivity contribution in [3.8, 4) is 0 Å². The van der Waals surface area contributed by atoms with Crippen LogP contribution in [0.3, 0.4) is 0 Å². The molecule has 0 bridgehead atoms. The number of nitrogens with one attached hydrogen (secondary N) is 1. The van der Waals surface area contributed by atoms with Crippen LogP contribution in [0.15, 0.2) is 47.2 Å². The molecule has 2 heteroatoms. The molecular weight excluding hydrogens is 198 g/mol. The average molecular weight is 215 g/mol. The van der Waals surface area contributed by atoms with Crippen LogP contribution in [0.2, 0.25) is 0 Å². The van der Waals surface area contributed by atoms with Gasteiger partial charge in [0.15, 0.2) is 0 Å². The summed E-state index contributed by atoms with van der Waals surface area (Å²) in [6.07, 6.45) is 0. The highest BCUT2D eigenvalue weighted by Crippen LogP contribution is 1.99. The lowest BCUT2D eigenvalue weighted by Gasteiger charge is -2.03. The lowest BCUT2D eigenvalue weighted by Crippen LogP contribution is -2.23.